The van der Waals surface area contributed by atoms with Crippen LogP contribution in [-0.4, -0.2) is 7.05 Å². The van der Waals surface area contributed by atoms with E-state index in [4.69, 9.17) is 11.6 Å². The van der Waals surface area contributed by atoms with Gasteiger partial charge >= 0.3 is 0 Å². The molecule has 21 heavy (non-hydrogen) atoms. The Kier molecular flexibility index (Phi) is 4.27. The molecule has 0 saturated carbocycles. The average Bonchev–Trinajstić information content (AvgIpc) is 2.95. The number of hydrogen-bond donors (Lipinski definition) is 1. The van der Waals surface area contributed by atoms with Crippen molar-refractivity contribution in [2.24, 2.45) is 0 Å². The second kappa shape index (κ2) is 6.17. The van der Waals surface area contributed by atoms with Gasteiger partial charge < -0.3 is 5.32 Å². The highest BCUT2D eigenvalue weighted by molar-refractivity contribution is 6.30. The fraction of sp³-hybridized carbons (Fsp3) is 0.333. The molecule has 0 radical (unpaired) electrons. The molecule has 0 heterocycles. The van der Waals surface area contributed by atoms with E-state index in [0.717, 1.165) is 6.42 Å². The van der Waals surface area contributed by atoms with Crippen LogP contribution >= 0.6 is 11.6 Å². The summed E-state index contributed by atoms with van der Waals surface area (Å²) in [7, 11) is 1.92. The molecule has 1 aliphatic rings. The van der Waals surface area contributed by atoms with Crippen molar-refractivity contribution in [2.75, 3.05) is 7.05 Å². The van der Waals surface area contributed by atoms with Gasteiger partial charge in [0.25, 0.3) is 0 Å². The highest BCUT2D eigenvalue weighted by Gasteiger charge is 2.17. The number of benzene rings is 2. The lowest BCUT2D eigenvalue weighted by Gasteiger charge is -2.18. The van der Waals surface area contributed by atoms with Crippen LogP contribution in [0, 0.1) is 5.82 Å². The Morgan fingerprint density at radius 3 is 2.76 bits per heavy atom. The van der Waals surface area contributed by atoms with Gasteiger partial charge in [0.05, 0.1) is 0 Å². The van der Waals surface area contributed by atoms with Crippen LogP contribution in [0.5, 0.6) is 0 Å². The molecule has 2 aromatic rings. The van der Waals surface area contributed by atoms with Crippen LogP contribution in [0.2, 0.25) is 5.02 Å². The highest BCUT2D eigenvalue weighted by atomic mass is 35.5. The number of hydrogen-bond acceptors (Lipinski definition) is 1. The molecule has 3 heteroatoms. The Morgan fingerprint density at radius 1 is 1.14 bits per heavy atom. The van der Waals surface area contributed by atoms with Crippen molar-refractivity contribution in [1.29, 1.82) is 0 Å². The summed E-state index contributed by atoms with van der Waals surface area (Å²) in [6.07, 6.45) is 4.18. The highest BCUT2D eigenvalue weighted by Crippen LogP contribution is 2.28. The van der Waals surface area contributed by atoms with Gasteiger partial charge in [0.1, 0.15) is 5.82 Å². The molecule has 1 atom stereocenters. The Morgan fingerprint density at radius 2 is 1.95 bits per heavy atom. The molecule has 1 unspecified atom stereocenters. The van der Waals surface area contributed by atoms with E-state index in [1.54, 1.807) is 12.1 Å². The van der Waals surface area contributed by atoms with Gasteiger partial charge in [-0.15, -0.1) is 0 Å². The molecule has 1 aliphatic carbocycles. The Balaban J connectivity index is 1.86. The van der Waals surface area contributed by atoms with Crippen LogP contribution in [0.3, 0.4) is 0 Å². The predicted molar refractivity (Wildman–Crippen MR) is 85.4 cm³/mol. The maximum absolute atomic E-state index is 13.9. The van der Waals surface area contributed by atoms with Gasteiger partial charge in [-0.25, -0.2) is 4.39 Å². The molecule has 2 aromatic carbocycles. The second-order valence-electron chi connectivity index (χ2n) is 5.66. The van der Waals surface area contributed by atoms with Crippen molar-refractivity contribution in [3.63, 3.8) is 0 Å². The summed E-state index contributed by atoms with van der Waals surface area (Å²) in [4.78, 5) is 0. The normalized spacial score (nSPS) is 15.0. The number of rotatable bonds is 4. The molecule has 110 valence electrons. The summed E-state index contributed by atoms with van der Waals surface area (Å²) in [5.41, 5.74) is 4.78. The first-order valence-electron chi connectivity index (χ1n) is 7.40. The van der Waals surface area contributed by atoms with Crippen LogP contribution in [0.4, 0.5) is 4.39 Å². The first-order valence-corrected chi connectivity index (χ1v) is 7.78. The molecular weight excluding hydrogens is 285 g/mol. The lowest BCUT2D eigenvalue weighted by atomic mass is 9.96. The van der Waals surface area contributed by atoms with E-state index in [-0.39, 0.29) is 11.9 Å². The largest absolute Gasteiger partial charge is 0.313 e. The summed E-state index contributed by atoms with van der Waals surface area (Å²) in [6, 6.07) is 11.5. The maximum atomic E-state index is 13.9. The minimum Gasteiger partial charge on any atom is -0.313 e. The molecule has 0 aliphatic heterocycles. The Labute approximate surface area is 130 Å². The van der Waals surface area contributed by atoms with E-state index in [0.29, 0.717) is 17.0 Å². The van der Waals surface area contributed by atoms with Crippen LogP contribution in [0.15, 0.2) is 36.4 Å². The number of aryl methyl sites for hydroxylation is 2. The van der Waals surface area contributed by atoms with E-state index >= 15 is 0 Å². The summed E-state index contributed by atoms with van der Waals surface area (Å²) < 4.78 is 13.9. The van der Waals surface area contributed by atoms with Gasteiger partial charge in [0, 0.05) is 11.1 Å². The molecule has 1 N–H and O–H groups in total. The quantitative estimate of drug-likeness (QED) is 0.878. The SMILES string of the molecule is CNC(Cc1cc(Cl)ccc1F)c1ccc2c(c1)CCC2. The number of likely N-dealkylation sites (N-methyl/N-ethyl adjacent to an activating group) is 1. The molecule has 0 bridgehead atoms. The molecule has 3 rings (SSSR count). The molecular formula is C18H19ClFN. The van der Waals surface area contributed by atoms with Gasteiger partial charge in [-0.2, -0.15) is 0 Å². The number of fused-ring (bicyclic) bond motifs is 1. The van der Waals surface area contributed by atoms with Crippen LogP contribution < -0.4 is 5.32 Å². The predicted octanol–water partition coefficient (Wildman–Crippen LogP) is 4.47. The fourth-order valence-electron chi connectivity index (χ4n) is 3.11. The van der Waals surface area contributed by atoms with Gasteiger partial charge in [0.2, 0.25) is 0 Å². The fourth-order valence-corrected chi connectivity index (χ4v) is 3.31. The number of halogens is 2. The summed E-state index contributed by atoms with van der Waals surface area (Å²) in [5.74, 6) is -0.194. The van der Waals surface area contributed by atoms with Gasteiger partial charge in [-0.3, -0.25) is 0 Å². The third-order valence-corrected chi connectivity index (χ3v) is 4.54. The third-order valence-electron chi connectivity index (χ3n) is 4.31. The first kappa shape index (κ1) is 14.6. The summed E-state index contributed by atoms with van der Waals surface area (Å²) in [5, 5.41) is 3.87. The van der Waals surface area contributed by atoms with Crippen LogP contribution in [0.1, 0.15) is 34.7 Å². The van der Waals surface area contributed by atoms with Crippen LogP contribution in [0.25, 0.3) is 0 Å². The van der Waals surface area contributed by atoms with Gasteiger partial charge in [-0.1, -0.05) is 29.8 Å². The van der Waals surface area contributed by atoms with Crippen molar-refractivity contribution in [1.82, 2.24) is 5.32 Å². The zero-order chi connectivity index (χ0) is 14.8. The molecule has 0 fully saturated rings. The monoisotopic (exact) mass is 303 g/mol. The first-order chi connectivity index (χ1) is 10.2. The van der Waals surface area contributed by atoms with Gasteiger partial charge in [-0.05, 0) is 73.2 Å². The van der Waals surface area contributed by atoms with Crippen molar-refractivity contribution in [2.45, 2.75) is 31.7 Å². The lowest BCUT2D eigenvalue weighted by Crippen LogP contribution is -2.19. The number of nitrogens with one attached hydrogen (secondary N) is 1. The van der Waals surface area contributed by atoms with Crippen molar-refractivity contribution in [3.05, 3.63) is 69.5 Å². The summed E-state index contributed by atoms with van der Waals surface area (Å²) >= 11 is 5.98. The van der Waals surface area contributed by atoms with Crippen LogP contribution in [-0.2, 0) is 19.3 Å². The van der Waals surface area contributed by atoms with Crippen molar-refractivity contribution in [3.8, 4) is 0 Å². The van der Waals surface area contributed by atoms with E-state index in [2.05, 4.69) is 23.5 Å². The second-order valence-corrected chi connectivity index (χ2v) is 6.10. The van der Waals surface area contributed by atoms with Crippen molar-refractivity contribution < 1.29 is 4.39 Å². The molecule has 0 amide bonds. The van der Waals surface area contributed by atoms with E-state index in [1.165, 1.54) is 35.6 Å². The van der Waals surface area contributed by atoms with Crippen molar-refractivity contribution >= 4 is 11.6 Å². The topological polar surface area (TPSA) is 12.0 Å². The Hall–Kier alpha value is -1.38. The molecule has 1 nitrogen and oxygen atoms in total. The minimum absolute atomic E-state index is 0.101. The summed E-state index contributed by atoms with van der Waals surface area (Å²) in [6.45, 7) is 0. The smallest absolute Gasteiger partial charge is 0.126 e. The standard InChI is InChI=1S/C18H19ClFN/c1-21-18(11-15-10-16(19)7-8-17(15)20)14-6-5-12-3-2-4-13(12)9-14/h5-10,18,21H,2-4,11H2,1H3. The lowest BCUT2D eigenvalue weighted by molar-refractivity contribution is 0.554. The van der Waals surface area contributed by atoms with E-state index in [9.17, 15) is 4.39 Å². The molecule has 0 spiro atoms. The van der Waals surface area contributed by atoms with Gasteiger partial charge in [0.15, 0.2) is 0 Å². The third kappa shape index (κ3) is 3.12. The minimum atomic E-state index is -0.194. The molecule has 0 aromatic heterocycles. The zero-order valence-electron chi connectivity index (χ0n) is 12.1. The van der Waals surface area contributed by atoms with E-state index < -0.39 is 0 Å². The zero-order valence-corrected chi connectivity index (χ0v) is 12.9. The Bertz CT molecular complexity index is 654. The average molecular weight is 304 g/mol. The maximum Gasteiger partial charge on any atom is 0.126 e. The molecule has 0 saturated heterocycles. The van der Waals surface area contributed by atoms with E-state index in [1.807, 2.05) is 7.05 Å².